The molecule has 0 radical (unpaired) electrons. The average molecular weight is 398 g/mol. The molecule has 29 heavy (non-hydrogen) atoms. The number of benzene rings is 1. The third-order valence-electron chi connectivity index (χ3n) is 5.07. The van der Waals surface area contributed by atoms with Crippen molar-refractivity contribution in [2.24, 2.45) is 0 Å². The molecule has 1 aromatic carbocycles. The highest BCUT2D eigenvalue weighted by atomic mass is 19.1. The molecule has 0 aliphatic carbocycles. The summed E-state index contributed by atoms with van der Waals surface area (Å²) in [5.41, 5.74) is 1.43. The van der Waals surface area contributed by atoms with Crippen LogP contribution in [0.25, 0.3) is 0 Å². The SMILES string of the molecule is CC(=O)NC(Cc1ccccc1F)C(=O)N1CCCN(Cc2ccccn2)CC1. The van der Waals surface area contributed by atoms with Crippen LogP contribution in [0.3, 0.4) is 0 Å². The van der Waals surface area contributed by atoms with E-state index < -0.39 is 6.04 Å². The zero-order chi connectivity index (χ0) is 20.6. The van der Waals surface area contributed by atoms with Crippen molar-refractivity contribution < 1.29 is 14.0 Å². The minimum absolute atomic E-state index is 0.138. The van der Waals surface area contributed by atoms with E-state index in [1.807, 2.05) is 18.2 Å². The Labute approximate surface area is 170 Å². The molecule has 1 atom stereocenters. The topological polar surface area (TPSA) is 65.5 Å². The number of hydrogen-bond acceptors (Lipinski definition) is 4. The molecule has 1 aliphatic rings. The zero-order valence-corrected chi connectivity index (χ0v) is 16.7. The van der Waals surface area contributed by atoms with Gasteiger partial charge >= 0.3 is 0 Å². The summed E-state index contributed by atoms with van der Waals surface area (Å²) in [6.07, 6.45) is 2.76. The summed E-state index contributed by atoms with van der Waals surface area (Å²) in [4.78, 5) is 33.2. The third kappa shape index (κ3) is 6.09. The van der Waals surface area contributed by atoms with Crippen LogP contribution in [-0.2, 0) is 22.6 Å². The fourth-order valence-corrected chi connectivity index (χ4v) is 3.62. The Morgan fingerprint density at radius 2 is 1.90 bits per heavy atom. The molecular formula is C22H27FN4O2. The van der Waals surface area contributed by atoms with E-state index in [0.717, 1.165) is 31.7 Å². The number of carbonyl (C=O) groups is 2. The quantitative estimate of drug-likeness (QED) is 0.808. The van der Waals surface area contributed by atoms with Gasteiger partial charge in [0.05, 0.1) is 5.69 Å². The number of amides is 2. The van der Waals surface area contributed by atoms with Crippen molar-refractivity contribution in [3.05, 3.63) is 65.7 Å². The van der Waals surface area contributed by atoms with Gasteiger partial charge in [-0.1, -0.05) is 24.3 Å². The van der Waals surface area contributed by atoms with Crippen molar-refractivity contribution in [1.29, 1.82) is 0 Å². The van der Waals surface area contributed by atoms with Gasteiger partial charge in [-0.3, -0.25) is 19.5 Å². The number of nitrogens with one attached hydrogen (secondary N) is 1. The summed E-state index contributed by atoms with van der Waals surface area (Å²) < 4.78 is 14.1. The van der Waals surface area contributed by atoms with Gasteiger partial charge in [-0.25, -0.2) is 4.39 Å². The van der Waals surface area contributed by atoms with Crippen LogP contribution in [0, 0.1) is 5.82 Å². The molecule has 1 aromatic heterocycles. The van der Waals surface area contributed by atoms with Crippen LogP contribution in [0.4, 0.5) is 4.39 Å². The normalized spacial score (nSPS) is 16.1. The lowest BCUT2D eigenvalue weighted by molar-refractivity contribution is -0.136. The van der Waals surface area contributed by atoms with Crippen LogP contribution in [0.2, 0.25) is 0 Å². The van der Waals surface area contributed by atoms with Crippen molar-refractivity contribution >= 4 is 11.8 Å². The number of nitrogens with zero attached hydrogens (tertiary/aromatic N) is 3. The molecule has 2 heterocycles. The Bertz CT molecular complexity index is 831. The van der Waals surface area contributed by atoms with Gasteiger partial charge in [-0.15, -0.1) is 0 Å². The van der Waals surface area contributed by atoms with Crippen LogP contribution in [0.1, 0.15) is 24.6 Å². The van der Waals surface area contributed by atoms with E-state index in [1.54, 1.807) is 29.3 Å². The predicted octanol–water partition coefficient (Wildman–Crippen LogP) is 2.00. The molecule has 1 fully saturated rings. The average Bonchev–Trinajstić information content (AvgIpc) is 2.94. The van der Waals surface area contributed by atoms with Crippen molar-refractivity contribution in [2.75, 3.05) is 26.2 Å². The molecule has 0 bridgehead atoms. The first-order chi connectivity index (χ1) is 14.0. The Morgan fingerprint density at radius 3 is 2.62 bits per heavy atom. The van der Waals surface area contributed by atoms with Gasteiger partial charge in [0.2, 0.25) is 11.8 Å². The summed E-state index contributed by atoms with van der Waals surface area (Å²) >= 11 is 0. The van der Waals surface area contributed by atoms with E-state index in [-0.39, 0.29) is 24.1 Å². The van der Waals surface area contributed by atoms with E-state index in [2.05, 4.69) is 15.2 Å². The lowest BCUT2D eigenvalue weighted by Crippen LogP contribution is -2.50. The molecule has 2 amide bonds. The molecule has 3 rings (SSSR count). The maximum atomic E-state index is 14.1. The van der Waals surface area contributed by atoms with Gasteiger partial charge in [0, 0.05) is 52.3 Å². The summed E-state index contributed by atoms with van der Waals surface area (Å²) in [5.74, 6) is -0.831. The van der Waals surface area contributed by atoms with Crippen molar-refractivity contribution in [1.82, 2.24) is 20.1 Å². The van der Waals surface area contributed by atoms with E-state index >= 15 is 0 Å². The van der Waals surface area contributed by atoms with Crippen LogP contribution in [0.5, 0.6) is 0 Å². The standard InChI is InChI=1S/C22H27FN4O2/c1-17(28)25-21(15-18-7-2-3-9-20(18)23)22(29)27-12-6-11-26(13-14-27)16-19-8-4-5-10-24-19/h2-5,7-10,21H,6,11-16H2,1H3,(H,25,28). The van der Waals surface area contributed by atoms with Gasteiger partial charge in [0.1, 0.15) is 11.9 Å². The summed E-state index contributed by atoms with van der Waals surface area (Å²) in [5, 5.41) is 2.70. The Morgan fingerprint density at radius 1 is 1.10 bits per heavy atom. The van der Waals surface area contributed by atoms with E-state index in [1.165, 1.54) is 13.0 Å². The third-order valence-corrected chi connectivity index (χ3v) is 5.07. The predicted molar refractivity (Wildman–Crippen MR) is 108 cm³/mol. The highest BCUT2D eigenvalue weighted by Gasteiger charge is 2.28. The molecule has 2 aromatic rings. The molecule has 7 heteroatoms. The van der Waals surface area contributed by atoms with Crippen molar-refractivity contribution in [2.45, 2.75) is 32.4 Å². The molecule has 6 nitrogen and oxygen atoms in total. The Kier molecular flexibility index (Phi) is 7.30. The highest BCUT2D eigenvalue weighted by Crippen LogP contribution is 2.13. The summed E-state index contributed by atoms with van der Waals surface area (Å²) in [6.45, 7) is 4.91. The summed E-state index contributed by atoms with van der Waals surface area (Å²) in [7, 11) is 0. The number of halogens is 1. The van der Waals surface area contributed by atoms with E-state index in [9.17, 15) is 14.0 Å². The minimum Gasteiger partial charge on any atom is -0.344 e. The van der Waals surface area contributed by atoms with Gasteiger partial charge in [0.25, 0.3) is 0 Å². The Balaban J connectivity index is 1.64. The lowest BCUT2D eigenvalue weighted by Gasteiger charge is -2.27. The Hall–Kier alpha value is -2.80. The molecule has 1 N–H and O–H groups in total. The van der Waals surface area contributed by atoms with Gasteiger partial charge < -0.3 is 10.2 Å². The molecular weight excluding hydrogens is 371 g/mol. The molecule has 1 aliphatic heterocycles. The van der Waals surface area contributed by atoms with Crippen molar-refractivity contribution in [3.63, 3.8) is 0 Å². The second-order valence-electron chi connectivity index (χ2n) is 7.32. The molecule has 1 saturated heterocycles. The van der Waals surface area contributed by atoms with E-state index in [0.29, 0.717) is 18.7 Å². The van der Waals surface area contributed by atoms with Crippen LogP contribution in [0.15, 0.2) is 48.7 Å². The number of pyridine rings is 1. The fourth-order valence-electron chi connectivity index (χ4n) is 3.62. The van der Waals surface area contributed by atoms with Gasteiger partial charge in [-0.2, -0.15) is 0 Å². The second kappa shape index (κ2) is 10.1. The lowest BCUT2D eigenvalue weighted by atomic mass is 10.0. The van der Waals surface area contributed by atoms with Gasteiger partial charge in [0.15, 0.2) is 0 Å². The molecule has 154 valence electrons. The highest BCUT2D eigenvalue weighted by molar-refractivity contribution is 5.87. The number of carbonyl (C=O) groups excluding carboxylic acids is 2. The monoisotopic (exact) mass is 398 g/mol. The largest absolute Gasteiger partial charge is 0.344 e. The maximum Gasteiger partial charge on any atom is 0.245 e. The van der Waals surface area contributed by atoms with Crippen LogP contribution >= 0.6 is 0 Å². The first-order valence-corrected chi connectivity index (χ1v) is 9.94. The smallest absolute Gasteiger partial charge is 0.245 e. The molecule has 0 saturated carbocycles. The first kappa shape index (κ1) is 20.9. The maximum absolute atomic E-state index is 14.1. The van der Waals surface area contributed by atoms with E-state index in [4.69, 9.17) is 0 Å². The van der Waals surface area contributed by atoms with Crippen LogP contribution < -0.4 is 5.32 Å². The number of hydrogen-bond donors (Lipinski definition) is 1. The molecule has 1 unspecified atom stereocenters. The van der Waals surface area contributed by atoms with Gasteiger partial charge in [-0.05, 0) is 30.2 Å². The molecule has 0 spiro atoms. The first-order valence-electron chi connectivity index (χ1n) is 9.94. The van der Waals surface area contributed by atoms with Crippen molar-refractivity contribution in [3.8, 4) is 0 Å². The number of rotatable bonds is 6. The second-order valence-corrected chi connectivity index (χ2v) is 7.32. The van der Waals surface area contributed by atoms with Crippen LogP contribution in [-0.4, -0.2) is 58.8 Å². The zero-order valence-electron chi connectivity index (χ0n) is 16.7. The summed E-state index contributed by atoms with van der Waals surface area (Å²) in [6, 6.07) is 11.4. The number of aromatic nitrogens is 1. The fraction of sp³-hybridized carbons (Fsp3) is 0.409. The minimum atomic E-state index is -0.772.